The standard InChI is InChI=1S/C17H22O/c18-17(16-14-6-1-2-7-15(14)16)13-9-8-11-4-3-5-12(11)10-13/h8-10,14-18H,1-7H2. The lowest BCUT2D eigenvalue weighted by Crippen LogP contribution is -2.03. The number of hydrogen-bond donors (Lipinski definition) is 1. The van der Waals surface area contributed by atoms with E-state index >= 15 is 0 Å². The molecule has 1 aromatic carbocycles. The molecule has 2 fully saturated rings. The molecule has 3 atom stereocenters. The Kier molecular flexibility index (Phi) is 2.51. The van der Waals surface area contributed by atoms with E-state index in [2.05, 4.69) is 18.2 Å². The van der Waals surface area contributed by atoms with Gasteiger partial charge in [-0.25, -0.2) is 0 Å². The zero-order chi connectivity index (χ0) is 12.1. The Morgan fingerprint density at radius 3 is 2.44 bits per heavy atom. The fraction of sp³-hybridized carbons (Fsp3) is 0.647. The Hall–Kier alpha value is -0.820. The van der Waals surface area contributed by atoms with Crippen LogP contribution in [0.5, 0.6) is 0 Å². The largest absolute Gasteiger partial charge is 0.388 e. The normalized spacial score (nSPS) is 34.8. The van der Waals surface area contributed by atoms with Crippen LogP contribution in [0.1, 0.15) is 54.9 Å². The maximum atomic E-state index is 10.6. The van der Waals surface area contributed by atoms with Crippen molar-refractivity contribution in [3.8, 4) is 0 Å². The highest BCUT2D eigenvalue weighted by atomic mass is 16.3. The van der Waals surface area contributed by atoms with Crippen LogP contribution in [0.3, 0.4) is 0 Å². The molecule has 18 heavy (non-hydrogen) atoms. The Morgan fingerprint density at radius 1 is 0.944 bits per heavy atom. The quantitative estimate of drug-likeness (QED) is 0.839. The SMILES string of the molecule is OC(c1ccc2c(c1)CCC2)C1C2CCCCC21. The van der Waals surface area contributed by atoms with E-state index in [1.807, 2.05) is 0 Å². The fourth-order valence-corrected chi connectivity index (χ4v) is 4.51. The summed E-state index contributed by atoms with van der Waals surface area (Å²) in [6, 6.07) is 6.73. The molecule has 0 aromatic heterocycles. The topological polar surface area (TPSA) is 20.2 Å². The molecule has 0 saturated heterocycles. The van der Waals surface area contributed by atoms with Crippen molar-refractivity contribution in [3.63, 3.8) is 0 Å². The summed E-state index contributed by atoms with van der Waals surface area (Å²) < 4.78 is 0. The summed E-state index contributed by atoms with van der Waals surface area (Å²) in [6.45, 7) is 0. The van der Waals surface area contributed by atoms with Gasteiger partial charge in [-0.05, 0) is 66.5 Å². The van der Waals surface area contributed by atoms with Crippen molar-refractivity contribution in [1.82, 2.24) is 0 Å². The first-order chi connectivity index (χ1) is 8.84. The molecule has 2 saturated carbocycles. The number of benzene rings is 1. The van der Waals surface area contributed by atoms with Crippen molar-refractivity contribution in [2.45, 2.75) is 51.0 Å². The molecule has 3 aliphatic carbocycles. The molecule has 1 nitrogen and oxygen atoms in total. The van der Waals surface area contributed by atoms with Crippen molar-refractivity contribution in [3.05, 3.63) is 34.9 Å². The van der Waals surface area contributed by atoms with Gasteiger partial charge in [0.05, 0.1) is 6.10 Å². The van der Waals surface area contributed by atoms with Crippen molar-refractivity contribution < 1.29 is 5.11 Å². The Bertz CT molecular complexity index is 453. The Morgan fingerprint density at radius 2 is 1.67 bits per heavy atom. The fourth-order valence-electron chi connectivity index (χ4n) is 4.51. The molecule has 0 bridgehead atoms. The van der Waals surface area contributed by atoms with E-state index in [1.54, 1.807) is 0 Å². The van der Waals surface area contributed by atoms with E-state index < -0.39 is 0 Å². The summed E-state index contributed by atoms with van der Waals surface area (Å²) in [5.41, 5.74) is 4.20. The number of aliphatic hydroxyl groups is 1. The third-order valence-corrected chi connectivity index (χ3v) is 5.55. The number of fused-ring (bicyclic) bond motifs is 2. The van der Waals surface area contributed by atoms with Gasteiger partial charge in [0.2, 0.25) is 0 Å². The summed E-state index contributed by atoms with van der Waals surface area (Å²) in [5.74, 6) is 2.25. The van der Waals surface area contributed by atoms with E-state index in [0.29, 0.717) is 5.92 Å². The molecule has 3 aliphatic rings. The van der Waals surface area contributed by atoms with Crippen LogP contribution in [-0.2, 0) is 12.8 Å². The molecular formula is C17H22O. The second-order valence-corrected chi connectivity index (χ2v) is 6.52. The molecule has 1 aromatic rings. The number of hydrogen-bond acceptors (Lipinski definition) is 1. The summed E-state index contributed by atoms with van der Waals surface area (Å²) >= 11 is 0. The minimum absolute atomic E-state index is 0.191. The van der Waals surface area contributed by atoms with Crippen molar-refractivity contribution >= 4 is 0 Å². The highest BCUT2D eigenvalue weighted by Gasteiger charge is 2.54. The molecule has 96 valence electrons. The van der Waals surface area contributed by atoms with Gasteiger partial charge in [-0.15, -0.1) is 0 Å². The van der Waals surface area contributed by atoms with Crippen LogP contribution >= 0.6 is 0 Å². The highest BCUT2D eigenvalue weighted by Crippen LogP contribution is 2.60. The van der Waals surface area contributed by atoms with Gasteiger partial charge in [0.1, 0.15) is 0 Å². The lowest BCUT2D eigenvalue weighted by molar-refractivity contribution is 0.142. The van der Waals surface area contributed by atoms with Crippen molar-refractivity contribution in [2.24, 2.45) is 17.8 Å². The molecule has 1 heteroatoms. The zero-order valence-electron chi connectivity index (χ0n) is 10.9. The van der Waals surface area contributed by atoms with Crippen LogP contribution in [0, 0.1) is 17.8 Å². The molecule has 3 unspecified atom stereocenters. The molecule has 0 heterocycles. The van der Waals surface area contributed by atoms with Gasteiger partial charge in [-0.3, -0.25) is 0 Å². The van der Waals surface area contributed by atoms with Gasteiger partial charge < -0.3 is 5.11 Å². The van der Waals surface area contributed by atoms with Crippen LogP contribution in [0.2, 0.25) is 0 Å². The number of aryl methyl sites for hydroxylation is 2. The zero-order valence-corrected chi connectivity index (χ0v) is 10.9. The Labute approximate surface area is 109 Å². The highest BCUT2D eigenvalue weighted by molar-refractivity contribution is 5.37. The van der Waals surface area contributed by atoms with Crippen LogP contribution in [0.25, 0.3) is 0 Å². The van der Waals surface area contributed by atoms with Crippen LogP contribution in [0.15, 0.2) is 18.2 Å². The molecule has 0 aliphatic heterocycles. The third-order valence-electron chi connectivity index (χ3n) is 5.55. The van der Waals surface area contributed by atoms with E-state index in [1.165, 1.54) is 61.6 Å². The van der Waals surface area contributed by atoms with Crippen LogP contribution < -0.4 is 0 Å². The minimum atomic E-state index is -0.191. The maximum Gasteiger partial charge on any atom is 0.0823 e. The van der Waals surface area contributed by atoms with Crippen molar-refractivity contribution in [1.29, 1.82) is 0 Å². The smallest absolute Gasteiger partial charge is 0.0823 e. The monoisotopic (exact) mass is 242 g/mol. The first kappa shape index (κ1) is 11.0. The predicted octanol–water partition coefficient (Wildman–Crippen LogP) is 3.64. The van der Waals surface area contributed by atoms with Crippen LogP contribution in [-0.4, -0.2) is 5.11 Å². The van der Waals surface area contributed by atoms with Crippen LogP contribution in [0.4, 0.5) is 0 Å². The molecular weight excluding hydrogens is 220 g/mol. The summed E-state index contributed by atoms with van der Waals surface area (Å²) in [5, 5.41) is 10.6. The van der Waals surface area contributed by atoms with Gasteiger partial charge >= 0.3 is 0 Å². The average Bonchev–Trinajstić information content (AvgIpc) is 2.95. The first-order valence-electron chi connectivity index (χ1n) is 7.64. The molecule has 0 radical (unpaired) electrons. The molecule has 0 spiro atoms. The molecule has 0 amide bonds. The molecule has 4 rings (SSSR count). The summed E-state index contributed by atoms with van der Waals surface area (Å²) in [6.07, 6.45) is 9.04. The molecule has 1 N–H and O–H groups in total. The Balaban J connectivity index is 1.56. The van der Waals surface area contributed by atoms with E-state index in [0.717, 1.165) is 11.8 Å². The predicted molar refractivity (Wildman–Crippen MR) is 72.4 cm³/mol. The van der Waals surface area contributed by atoms with E-state index in [4.69, 9.17) is 0 Å². The van der Waals surface area contributed by atoms with Gasteiger partial charge in [0.15, 0.2) is 0 Å². The third kappa shape index (κ3) is 1.64. The lowest BCUT2D eigenvalue weighted by atomic mass is 9.98. The van der Waals surface area contributed by atoms with Gasteiger partial charge in [-0.2, -0.15) is 0 Å². The first-order valence-corrected chi connectivity index (χ1v) is 7.64. The van der Waals surface area contributed by atoms with E-state index in [-0.39, 0.29) is 6.10 Å². The lowest BCUT2D eigenvalue weighted by Gasteiger charge is -2.12. The second-order valence-electron chi connectivity index (χ2n) is 6.52. The summed E-state index contributed by atoms with van der Waals surface area (Å²) in [4.78, 5) is 0. The maximum absolute atomic E-state index is 10.6. The number of rotatable bonds is 2. The summed E-state index contributed by atoms with van der Waals surface area (Å²) in [7, 11) is 0. The number of aliphatic hydroxyl groups excluding tert-OH is 1. The van der Waals surface area contributed by atoms with E-state index in [9.17, 15) is 5.11 Å². The van der Waals surface area contributed by atoms with Gasteiger partial charge in [-0.1, -0.05) is 31.0 Å². The second kappa shape index (κ2) is 4.09. The van der Waals surface area contributed by atoms with Gasteiger partial charge in [0, 0.05) is 0 Å². The van der Waals surface area contributed by atoms with Crippen molar-refractivity contribution in [2.75, 3.05) is 0 Å². The van der Waals surface area contributed by atoms with Gasteiger partial charge in [0.25, 0.3) is 0 Å². The minimum Gasteiger partial charge on any atom is -0.388 e. The average molecular weight is 242 g/mol.